The molecule has 0 saturated heterocycles. The molecule has 0 aliphatic heterocycles. The van der Waals surface area contributed by atoms with Crippen molar-refractivity contribution in [2.45, 2.75) is 0 Å². The van der Waals surface area contributed by atoms with Crippen molar-refractivity contribution in [3.8, 4) is 5.75 Å². The van der Waals surface area contributed by atoms with E-state index >= 15 is 0 Å². The summed E-state index contributed by atoms with van der Waals surface area (Å²) >= 11 is 5.29. The van der Waals surface area contributed by atoms with E-state index in [2.05, 4.69) is 10.4 Å². The van der Waals surface area contributed by atoms with Crippen LogP contribution in [0.5, 0.6) is 5.75 Å². The molecular weight excluding hydrogens is 282 g/mol. The maximum Gasteiger partial charge on any atom is 0.193 e. The first-order valence-corrected chi connectivity index (χ1v) is 6.87. The topological polar surface area (TPSA) is 36.9 Å². The summed E-state index contributed by atoms with van der Waals surface area (Å²) < 4.78 is 5.11. The molecule has 0 unspecified atom stereocenters. The second-order valence-electron chi connectivity index (χ2n) is 4.34. The van der Waals surface area contributed by atoms with E-state index in [0.29, 0.717) is 5.11 Å². The van der Waals surface area contributed by atoms with E-state index in [1.165, 1.54) is 0 Å². The van der Waals surface area contributed by atoms with Gasteiger partial charge in [0, 0.05) is 12.7 Å². The number of rotatable bonds is 4. The van der Waals surface area contributed by atoms with Gasteiger partial charge < -0.3 is 10.1 Å². The molecule has 1 N–H and O–H groups in total. The average molecular weight is 299 g/mol. The van der Waals surface area contributed by atoms with Gasteiger partial charge in [-0.25, -0.2) is 5.01 Å². The van der Waals surface area contributed by atoms with Gasteiger partial charge in [0.15, 0.2) is 5.11 Å². The summed E-state index contributed by atoms with van der Waals surface area (Å²) in [7, 11) is 3.45. The molecule has 5 heteroatoms. The van der Waals surface area contributed by atoms with E-state index in [1.54, 1.807) is 25.4 Å². The van der Waals surface area contributed by atoms with Crippen LogP contribution in [0, 0.1) is 0 Å². The second-order valence-corrected chi connectivity index (χ2v) is 4.72. The molecule has 2 aromatic carbocycles. The number of hydrazone groups is 1. The van der Waals surface area contributed by atoms with Crippen LogP contribution in [0.4, 0.5) is 5.69 Å². The zero-order valence-electron chi connectivity index (χ0n) is 12.0. The Bertz CT molecular complexity index is 611. The number of thiocarbonyl (C=S) groups is 1. The Morgan fingerprint density at radius 2 is 1.81 bits per heavy atom. The Kier molecular flexibility index (Phi) is 5.29. The van der Waals surface area contributed by atoms with E-state index < -0.39 is 0 Å². The normalized spacial score (nSPS) is 10.4. The number of nitrogens with zero attached hydrogens (tertiary/aromatic N) is 2. The third-order valence-corrected chi connectivity index (χ3v) is 3.18. The highest BCUT2D eigenvalue weighted by atomic mass is 32.1. The van der Waals surface area contributed by atoms with E-state index in [9.17, 15) is 0 Å². The lowest BCUT2D eigenvalue weighted by Crippen LogP contribution is -2.26. The molecule has 0 radical (unpaired) electrons. The number of nitrogens with one attached hydrogen (secondary N) is 1. The van der Waals surface area contributed by atoms with Crippen molar-refractivity contribution in [3.63, 3.8) is 0 Å². The fourth-order valence-corrected chi connectivity index (χ4v) is 1.79. The molecule has 0 fully saturated rings. The van der Waals surface area contributed by atoms with E-state index in [-0.39, 0.29) is 0 Å². The molecule has 0 bridgehead atoms. The highest BCUT2D eigenvalue weighted by Crippen LogP contribution is 2.10. The summed E-state index contributed by atoms with van der Waals surface area (Å²) in [5, 5.41) is 9.58. The molecule has 21 heavy (non-hydrogen) atoms. The Morgan fingerprint density at radius 3 is 2.43 bits per heavy atom. The van der Waals surface area contributed by atoms with Crippen LogP contribution in [-0.2, 0) is 0 Å². The molecule has 2 rings (SSSR count). The number of hydrogen-bond acceptors (Lipinski definition) is 3. The zero-order chi connectivity index (χ0) is 15.1. The molecule has 0 saturated carbocycles. The summed E-state index contributed by atoms with van der Waals surface area (Å²) in [6.45, 7) is 0. The van der Waals surface area contributed by atoms with Crippen LogP contribution in [-0.4, -0.2) is 30.5 Å². The standard InChI is InChI=1S/C16H17N3OS/c1-19(16(21)18-14-6-4-3-5-7-14)17-12-13-8-10-15(20-2)11-9-13/h3-12H,1-2H3,(H,18,21)/b17-12+. The SMILES string of the molecule is COc1ccc(/C=N/N(C)C(=S)Nc2ccccc2)cc1. The van der Waals surface area contributed by atoms with Crippen LogP contribution in [0.3, 0.4) is 0 Å². The van der Waals surface area contributed by atoms with Crippen molar-refractivity contribution in [2.75, 3.05) is 19.5 Å². The van der Waals surface area contributed by atoms with Gasteiger partial charge in [0.05, 0.1) is 13.3 Å². The first kappa shape index (κ1) is 15.0. The molecular formula is C16H17N3OS. The predicted octanol–water partition coefficient (Wildman–Crippen LogP) is 3.36. The van der Waals surface area contributed by atoms with Gasteiger partial charge in [-0.05, 0) is 54.2 Å². The maximum absolute atomic E-state index is 5.29. The van der Waals surface area contributed by atoms with Crippen molar-refractivity contribution in [1.29, 1.82) is 0 Å². The van der Waals surface area contributed by atoms with E-state index in [1.807, 2.05) is 54.6 Å². The van der Waals surface area contributed by atoms with Gasteiger partial charge in [0.1, 0.15) is 5.75 Å². The second kappa shape index (κ2) is 7.40. The summed E-state index contributed by atoms with van der Waals surface area (Å²) in [5.74, 6) is 0.821. The molecule has 0 aliphatic rings. The molecule has 0 amide bonds. The van der Waals surface area contributed by atoms with Gasteiger partial charge in [0.25, 0.3) is 0 Å². The van der Waals surface area contributed by atoms with Crippen molar-refractivity contribution >= 4 is 29.2 Å². The number of hydrogen-bond donors (Lipinski definition) is 1. The van der Waals surface area contributed by atoms with Crippen LogP contribution in [0.25, 0.3) is 0 Å². The monoisotopic (exact) mass is 299 g/mol. The Hall–Kier alpha value is -2.40. The predicted molar refractivity (Wildman–Crippen MR) is 91.0 cm³/mol. The fourth-order valence-electron chi connectivity index (χ4n) is 1.62. The van der Waals surface area contributed by atoms with E-state index in [4.69, 9.17) is 17.0 Å². The number of ether oxygens (including phenoxy) is 1. The Balaban J connectivity index is 1.94. The van der Waals surface area contributed by atoms with E-state index in [0.717, 1.165) is 17.0 Å². The van der Waals surface area contributed by atoms with Gasteiger partial charge in [-0.15, -0.1) is 0 Å². The lowest BCUT2D eigenvalue weighted by atomic mass is 10.2. The first-order chi connectivity index (χ1) is 10.2. The number of para-hydroxylation sites is 1. The fraction of sp³-hybridized carbons (Fsp3) is 0.125. The highest BCUT2D eigenvalue weighted by molar-refractivity contribution is 7.80. The molecule has 2 aromatic rings. The number of anilines is 1. The van der Waals surface area contributed by atoms with Gasteiger partial charge in [-0.2, -0.15) is 5.10 Å². The van der Waals surface area contributed by atoms with Crippen LogP contribution < -0.4 is 10.1 Å². The molecule has 0 aromatic heterocycles. The minimum atomic E-state index is 0.533. The molecule has 0 spiro atoms. The van der Waals surface area contributed by atoms with Crippen LogP contribution in [0.1, 0.15) is 5.56 Å². The first-order valence-electron chi connectivity index (χ1n) is 6.47. The van der Waals surface area contributed by atoms with Gasteiger partial charge >= 0.3 is 0 Å². The summed E-state index contributed by atoms with van der Waals surface area (Å²) in [5.41, 5.74) is 1.92. The van der Waals surface area contributed by atoms with Crippen molar-refractivity contribution in [2.24, 2.45) is 5.10 Å². The van der Waals surface area contributed by atoms with Crippen molar-refractivity contribution in [1.82, 2.24) is 5.01 Å². The molecule has 4 nitrogen and oxygen atoms in total. The zero-order valence-corrected chi connectivity index (χ0v) is 12.8. The Morgan fingerprint density at radius 1 is 1.14 bits per heavy atom. The molecule has 0 atom stereocenters. The maximum atomic E-state index is 5.29. The van der Waals surface area contributed by atoms with Gasteiger partial charge in [0.2, 0.25) is 0 Å². The van der Waals surface area contributed by atoms with Gasteiger partial charge in [-0.3, -0.25) is 0 Å². The number of methoxy groups -OCH3 is 1. The van der Waals surface area contributed by atoms with Crippen molar-refractivity contribution in [3.05, 3.63) is 60.2 Å². The minimum absolute atomic E-state index is 0.533. The molecule has 0 heterocycles. The largest absolute Gasteiger partial charge is 0.497 e. The summed E-state index contributed by atoms with van der Waals surface area (Å²) in [6, 6.07) is 17.4. The molecule has 0 aliphatic carbocycles. The quantitative estimate of drug-likeness (QED) is 0.533. The third-order valence-electron chi connectivity index (χ3n) is 2.81. The Labute approximate surface area is 130 Å². The summed E-state index contributed by atoms with van der Waals surface area (Å²) in [6.07, 6.45) is 1.75. The highest BCUT2D eigenvalue weighted by Gasteiger charge is 2.01. The summed E-state index contributed by atoms with van der Waals surface area (Å²) in [4.78, 5) is 0. The van der Waals surface area contributed by atoms with Crippen LogP contribution in [0.15, 0.2) is 59.7 Å². The van der Waals surface area contributed by atoms with Gasteiger partial charge in [-0.1, -0.05) is 18.2 Å². The molecule has 108 valence electrons. The third kappa shape index (κ3) is 4.57. The van der Waals surface area contributed by atoms with Crippen molar-refractivity contribution < 1.29 is 4.74 Å². The lowest BCUT2D eigenvalue weighted by molar-refractivity contribution is 0.415. The average Bonchev–Trinajstić information content (AvgIpc) is 2.54. The van der Waals surface area contributed by atoms with Crippen LogP contribution >= 0.6 is 12.2 Å². The smallest absolute Gasteiger partial charge is 0.193 e. The van der Waals surface area contributed by atoms with Crippen LogP contribution in [0.2, 0.25) is 0 Å². The lowest BCUT2D eigenvalue weighted by Gasteiger charge is -2.15. The minimum Gasteiger partial charge on any atom is -0.497 e. The number of benzene rings is 2.